The van der Waals surface area contributed by atoms with E-state index in [1.54, 1.807) is 6.92 Å². The highest BCUT2D eigenvalue weighted by molar-refractivity contribution is 6.30. The molecule has 0 aliphatic rings. The molecule has 3 aromatic carbocycles. The van der Waals surface area contributed by atoms with Gasteiger partial charge in [0.15, 0.2) is 5.69 Å². The predicted molar refractivity (Wildman–Crippen MR) is 112 cm³/mol. The molecule has 0 saturated heterocycles. The molecule has 4 aromatic rings. The lowest BCUT2D eigenvalue weighted by Gasteiger charge is -2.01. The van der Waals surface area contributed by atoms with Gasteiger partial charge in [-0.15, -0.1) is 5.11 Å². The Labute approximate surface area is 166 Å². The molecule has 4 rings (SSSR count). The molecule has 0 saturated carbocycles. The maximum absolute atomic E-state index is 12.6. The van der Waals surface area contributed by atoms with Crippen molar-refractivity contribution in [2.75, 3.05) is 0 Å². The number of nitrogens with zero attached hydrogens (tertiary/aromatic N) is 3. The summed E-state index contributed by atoms with van der Waals surface area (Å²) >= 11 is 5.93. The monoisotopic (exact) mass is 388 g/mol. The summed E-state index contributed by atoms with van der Waals surface area (Å²) in [5.41, 5.74) is 4.28. The molecule has 1 aromatic heterocycles. The highest BCUT2D eigenvalue weighted by atomic mass is 35.5. The fourth-order valence-corrected chi connectivity index (χ4v) is 3.01. The lowest BCUT2D eigenvalue weighted by Crippen LogP contribution is -2.13. The van der Waals surface area contributed by atoms with Crippen LogP contribution in [0.5, 0.6) is 0 Å². The normalized spacial score (nSPS) is 11.2. The van der Waals surface area contributed by atoms with Gasteiger partial charge in [-0.2, -0.15) is 5.11 Å². The number of H-pyrrole nitrogens is 1. The summed E-state index contributed by atoms with van der Waals surface area (Å²) in [6.07, 6.45) is 0. The first-order valence-electron chi connectivity index (χ1n) is 8.76. The van der Waals surface area contributed by atoms with E-state index in [1.807, 2.05) is 78.9 Å². The molecule has 5 nitrogen and oxygen atoms in total. The molecule has 0 atom stereocenters. The summed E-state index contributed by atoms with van der Waals surface area (Å²) < 4.78 is 1.47. The van der Waals surface area contributed by atoms with Gasteiger partial charge in [0.1, 0.15) is 0 Å². The number of hydrogen-bond donors (Lipinski definition) is 1. The summed E-state index contributed by atoms with van der Waals surface area (Å²) in [6.45, 7) is 1.80. The van der Waals surface area contributed by atoms with Gasteiger partial charge < -0.3 is 0 Å². The standard InChI is InChI=1S/C22H17ClN4O/c1-15-21(22(28)27(26-15)20-5-3-2-4-6-20)25-24-19-13-9-17(10-14-19)16-7-11-18(23)12-8-16/h2-14,26H,1H3. The van der Waals surface area contributed by atoms with Crippen molar-refractivity contribution in [3.8, 4) is 16.8 Å². The van der Waals surface area contributed by atoms with Gasteiger partial charge in [-0.05, 0) is 54.4 Å². The number of hydrogen-bond acceptors (Lipinski definition) is 3. The van der Waals surface area contributed by atoms with Gasteiger partial charge in [-0.25, -0.2) is 4.68 Å². The number of aromatic nitrogens is 2. The van der Waals surface area contributed by atoms with Gasteiger partial charge in [0.25, 0.3) is 5.56 Å². The molecule has 0 aliphatic carbocycles. The molecule has 1 heterocycles. The van der Waals surface area contributed by atoms with E-state index in [2.05, 4.69) is 15.3 Å². The van der Waals surface area contributed by atoms with E-state index in [0.29, 0.717) is 22.1 Å². The van der Waals surface area contributed by atoms with Crippen molar-refractivity contribution in [2.24, 2.45) is 10.2 Å². The second-order valence-corrected chi connectivity index (χ2v) is 6.75. The molecule has 1 N–H and O–H groups in total. The molecule has 0 aliphatic heterocycles. The molecule has 0 bridgehead atoms. The Morgan fingerprint density at radius 2 is 1.43 bits per heavy atom. The molecule has 0 amide bonds. The van der Waals surface area contributed by atoms with Gasteiger partial charge >= 0.3 is 0 Å². The zero-order chi connectivity index (χ0) is 19.5. The van der Waals surface area contributed by atoms with Gasteiger partial charge in [0.05, 0.1) is 17.1 Å². The summed E-state index contributed by atoms with van der Waals surface area (Å²) in [5, 5.41) is 12.1. The van der Waals surface area contributed by atoms with E-state index in [4.69, 9.17) is 11.6 Å². The number of benzene rings is 3. The minimum Gasteiger partial charge on any atom is -0.293 e. The van der Waals surface area contributed by atoms with E-state index in [0.717, 1.165) is 16.8 Å². The van der Waals surface area contributed by atoms with Crippen LogP contribution in [0.3, 0.4) is 0 Å². The number of halogens is 1. The van der Waals surface area contributed by atoms with Crippen molar-refractivity contribution >= 4 is 23.0 Å². The average Bonchev–Trinajstić information content (AvgIpc) is 3.02. The molecule has 138 valence electrons. The maximum atomic E-state index is 12.6. The van der Waals surface area contributed by atoms with E-state index >= 15 is 0 Å². The fraction of sp³-hybridized carbons (Fsp3) is 0.0455. The molecule has 0 spiro atoms. The molecule has 0 radical (unpaired) electrons. The highest BCUT2D eigenvalue weighted by Crippen LogP contribution is 2.25. The third-order valence-electron chi connectivity index (χ3n) is 4.37. The SMILES string of the molecule is Cc1[nH]n(-c2ccccc2)c(=O)c1N=Nc1ccc(-c2ccc(Cl)cc2)cc1. The Hall–Kier alpha value is -3.44. The second kappa shape index (κ2) is 7.66. The van der Waals surface area contributed by atoms with Crippen LogP contribution in [-0.4, -0.2) is 9.78 Å². The topological polar surface area (TPSA) is 62.5 Å². The van der Waals surface area contributed by atoms with Crippen LogP contribution < -0.4 is 5.56 Å². The first-order chi connectivity index (χ1) is 13.6. The third kappa shape index (κ3) is 3.66. The third-order valence-corrected chi connectivity index (χ3v) is 4.62. The quantitative estimate of drug-likeness (QED) is 0.415. The van der Waals surface area contributed by atoms with Crippen LogP contribution in [0.4, 0.5) is 11.4 Å². The summed E-state index contributed by atoms with van der Waals surface area (Å²) in [4.78, 5) is 12.6. The summed E-state index contributed by atoms with van der Waals surface area (Å²) in [6, 6.07) is 24.7. The number of aromatic amines is 1. The largest absolute Gasteiger partial charge is 0.299 e. The van der Waals surface area contributed by atoms with Crippen molar-refractivity contribution in [3.05, 3.63) is 99.9 Å². The smallest absolute Gasteiger partial charge is 0.293 e. The van der Waals surface area contributed by atoms with E-state index in [-0.39, 0.29) is 5.56 Å². The van der Waals surface area contributed by atoms with Crippen molar-refractivity contribution in [2.45, 2.75) is 6.92 Å². The first kappa shape index (κ1) is 17.9. The van der Waals surface area contributed by atoms with Gasteiger partial charge in [0.2, 0.25) is 0 Å². The Kier molecular flexibility index (Phi) is 4.91. The fourth-order valence-electron chi connectivity index (χ4n) is 2.88. The number of azo groups is 1. The molecule has 28 heavy (non-hydrogen) atoms. The Morgan fingerprint density at radius 1 is 0.821 bits per heavy atom. The van der Waals surface area contributed by atoms with E-state index < -0.39 is 0 Å². The zero-order valence-corrected chi connectivity index (χ0v) is 15.9. The van der Waals surface area contributed by atoms with Crippen LogP contribution in [0.25, 0.3) is 16.8 Å². The maximum Gasteiger partial charge on any atom is 0.299 e. The average molecular weight is 389 g/mol. The minimum absolute atomic E-state index is 0.231. The van der Waals surface area contributed by atoms with Gasteiger partial charge in [0, 0.05) is 5.02 Å². The van der Waals surface area contributed by atoms with Gasteiger partial charge in [-0.1, -0.05) is 54.1 Å². The van der Waals surface area contributed by atoms with Crippen molar-refractivity contribution < 1.29 is 0 Å². The van der Waals surface area contributed by atoms with Crippen LogP contribution in [0.2, 0.25) is 5.02 Å². The van der Waals surface area contributed by atoms with E-state index in [1.165, 1.54) is 4.68 Å². The Bertz CT molecular complexity index is 1170. The zero-order valence-electron chi connectivity index (χ0n) is 15.1. The van der Waals surface area contributed by atoms with Crippen LogP contribution >= 0.6 is 11.6 Å². The molecule has 6 heteroatoms. The summed E-state index contributed by atoms with van der Waals surface area (Å²) in [7, 11) is 0. The van der Waals surface area contributed by atoms with Crippen LogP contribution in [0, 0.1) is 6.92 Å². The second-order valence-electron chi connectivity index (χ2n) is 6.32. The van der Waals surface area contributed by atoms with Crippen LogP contribution in [-0.2, 0) is 0 Å². The van der Waals surface area contributed by atoms with Crippen LogP contribution in [0.15, 0.2) is 93.9 Å². The van der Waals surface area contributed by atoms with Gasteiger partial charge in [-0.3, -0.25) is 9.89 Å². The Balaban J connectivity index is 1.59. The highest BCUT2D eigenvalue weighted by Gasteiger charge is 2.11. The van der Waals surface area contributed by atoms with Crippen LogP contribution in [0.1, 0.15) is 5.69 Å². The Morgan fingerprint density at radius 3 is 2.07 bits per heavy atom. The molecule has 0 fully saturated rings. The first-order valence-corrected chi connectivity index (χ1v) is 9.14. The van der Waals surface area contributed by atoms with Crippen molar-refractivity contribution in [1.82, 2.24) is 9.78 Å². The molecular formula is C22H17ClN4O. The summed E-state index contributed by atoms with van der Waals surface area (Å²) in [5.74, 6) is 0. The number of aryl methyl sites for hydroxylation is 1. The predicted octanol–water partition coefficient (Wildman–Crippen LogP) is 6.21. The number of para-hydroxylation sites is 1. The lowest BCUT2D eigenvalue weighted by molar-refractivity contribution is 0.835. The number of rotatable bonds is 4. The van der Waals surface area contributed by atoms with Crippen molar-refractivity contribution in [3.63, 3.8) is 0 Å². The number of nitrogens with one attached hydrogen (secondary N) is 1. The van der Waals surface area contributed by atoms with E-state index in [9.17, 15) is 4.79 Å². The minimum atomic E-state index is -0.231. The molecule has 0 unspecified atom stereocenters. The molecular weight excluding hydrogens is 372 g/mol. The van der Waals surface area contributed by atoms with Crippen molar-refractivity contribution in [1.29, 1.82) is 0 Å². The lowest BCUT2D eigenvalue weighted by atomic mass is 10.1.